The standard InChI is InChI=1S/C39H65N11O8/c1-24(2)21-30(38(58)50-31(34(54)45-23-32(51)52)22-25-11-4-3-5-12-25)49-37(57)28(14-7-9-19-41)47-36(56)29(15-10-20-44-39(42)43)48-35(55)27(13-6-8-18-40)46-33(53)26-16-17-26/h3-5,11-12,24,26-31H,6-10,13-23,40-41H2,1-2H3,(H,45,54)(H,46,53)(H,47,56)(H,48,55)(H,49,57)(H,50,58)(H,51,52)(H4,42,43,44)/t27-,28-,29-,30-,31-/m0/s1. The van der Waals surface area contributed by atoms with Gasteiger partial charge in [0, 0.05) is 18.9 Å². The first-order chi connectivity index (χ1) is 27.6. The number of aliphatic carboxylic acids is 1. The fourth-order valence-corrected chi connectivity index (χ4v) is 6.07. The molecule has 1 aliphatic carbocycles. The van der Waals surface area contributed by atoms with Crippen molar-refractivity contribution >= 4 is 47.4 Å². The summed E-state index contributed by atoms with van der Waals surface area (Å²) in [6, 6.07) is 3.29. The molecule has 1 aromatic rings. The first-order valence-electron chi connectivity index (χ1n) is 20.2. The minimum Gasteiger partial charge on any atom is -0.480 e. The molecule has 58 heavy (non-hydrogen) atoms. The zero-order valence-electron chi connectivity index (χ0n) is 33.8. The van der Waals surface area contributed by atoms with Crippen molar-refractivity contribution in [3.8, 4) is 0 Å². The molecule has 0 radical (unpaired) electrons. The summed E-state index contributed by atoms with van der Waals surface area (Å²) in [5.74, 6) is -5.21. The van der Waals surface area contributed by atoms with Crippen molar-refractivity contribution in [3.63, 3.8) is 0 Å². The Morgan fingerprint density at radius 2 is 1.16 bits per heavy atom. The molecule has 5 atom stereocenters. The maximum absolute atomic E-state index is 14.0. The fraction of sp³-hybridized carbons (Fsp3) is 0.641. The number of benzene rings is 1. The molecular weight excluding hydrogens is 750 g/mol. The molecule has 0 heterocycles. The first kappa shape index (κ1) is 48.8. The third kappa shape index (κ3) is 19.7. The van der Waals surface area contributed by atoms with E-state index in [0.717, 1.165) is 12.8 Å². The fourth-order valence-electron chi connectivity index (χ4n) is 6.07. The van der Waals surface area contributed by atoms with E-state index in [0.29, 0.717) is 50.8 Å². The van der Waals surface area contributed by atoms with Crippen LogP contribution in [0.3, 0.4) is 0 Å². The molecule has 2 rings (SSSR count). The number of carbonyl (C=O) groups is 7. The molecule has 6 amide bonds. The molecule has 19 heteroatoms. The molecule has 15 N–H and O–H groups in total. The van der Waals surface area contributed by atoms with Crippen LogP contribution in [0.5, 0.6) is 0 Å². The van der Waals surface area contributed by atoms with Crippen molar-refractivity contribution in [1.29, 1.82) is 0 Å². The van der Waals surface area contributed by atoms with Gasteiger partial charge in [-0.1, -0.05) is 44.2 Å². The number of unbranched alkanes of at least 4 members (excludes halogenated alkanes) is 2. The van der Waals surface area contributed by atoms with Crippen LogP contribution in [0.4, 0.5) is 0 Å². The van der Waals surface area contributed by atoms with Crippen LogP contribution in [0.2, 0.25) is 0 Å². The molecule has 324 valence electrons. The van der Waals surface area contributed by atoms with Crippen LogP contribution < -0.4 is 54.8 Å². The summed E-state index contributed by atoms with van der Waals surface area (Å²) >= 11 is 0. The number of guanidine groups is 1. The smallest absolute Gasteiger partial charge is 0.322 e. The van der Waals surface area contributed by atoms with Gasteiger partial charge in [-0.3, -0.25) is 38.6 Å². The molecule has 1 aromatic carbocycles. The van der Waals surface area contributed by atoms with Gasteiger partial charge in [-0.25, -0.2) is 0 Å². The number of rotatable bonds is 29. The number of aliphatic imine (C=N–C) groups is 1. The van der Waals surface area contributed by atoms with E-state index in [9.17, 15) is 33.6 Å². The van der Waals surface area contributed by atoms with Crippen molar-refractivity contribution in [2.45, 2.75) is 121 Å². The van der Waals surface area contributed by atoms with Gasteiger partial charge in [-0.15, -0.1) is 0 Å². The van der Waals surface area contributed by atoms with Gasteiger partial charge in [0.15, 0.2) is 5.96 Å². The van der Waals surface area contributed by atoms with Gasteiger partial charge in [-0.05, 0) is 95.2 Å². The van der Waals surface area contributed by atoms with Gasteiger partial charge in [0.05, 0.1) is 0 Å². The van der Waals surface area contributed by atoms with Crippen molar-refractivity contribution in [2.75, 3.05) is 26.2 Å². The lowest BCUT2D eigenvalue weighted by atomic mass is 10.00. The Labute approximate surface area is 340 Å². The average molecular weight is 816 g/mol. The summed E-state index contributed by atoms with van der Waals surface area (Å²) in [6.07, 6.45) is 4.68. The molecule has 0 bridgehead atoms. The highest BCUT2D eigenvalue weighted by Gasteiger charge is 2.35. The van der Waals surface area contributed by atoms with Crippen LogP contribution in [-0.2, 0) is 40.0 Å². The molecule has 0 aromatic heterocycles. The van der Waals surface area contributed by atoms with E-state index in [2.05, 4.69) is 36.9 Å². The maximum atomic E-state index is 14.0. The Morgan fingerprint density at radius 3 is 1.64 bits per heavy atom. The zero-order chi connectivity index (χ0) is 43.0. The summed E-state index contributed by atoms with van der Waals surface area (Å²) in [4.78, 5) is 96.4. The number of carbonyl (C=O) groups excluding carboxylic acids is 6. The normalized spacial score (nSPS) is 14.8. The van der Waals surface area contributed by atoms with Crippen molar-refractivity contribution < 1.29 is 38.7 Å². The van der Waals surface area contributed by atoms with E-state index in [4.69, 9.17) is 28.0 Å². The predicted molar refractivity (Wildman–Crippen MR) is 218 cm³/mol. The lowest BCUT2D eigenvalue weighted by molar-refractivity contribution is -0.138. The third-order valence-corrected chi connectivity index (χ3v) is 9.36. The van der Waals surface area contributed by atoms with Gasteiger partial charge in [0.1, 0.15) is 36.8 Å². The molecule has 0 spiro atoms. The Hall–Kier alpha value is -5.30. The molecule has 1 aliphatic rings. The number of nitrogens with one attached hydrogen (secondary N) is 6. The number of carboxylic acids is 1. The van der Waals surface area contributed by atoms with E-state index < -0.39 is 72.3 Å². The molecule has 0 aliphatic heterocycles. The van der Waals surface area contributed by atoms with Gasteiger partial charge in [0.2, 0.25) is 35.4 Å². The third-order valence-electron chi connectivity index (χ3n) is 9.36. The Kier molecular flexibility index (Phi) is 22.4. The monoisotopic (exact) mass is 816 g/mol. The molecule has 0 unspecified atom stereocenters. The van der Waals surface area contributed by atoms with E-state index in [1.807, 2.05) is 13.8 Å². The second-order valence-electron chi connectivity index (χ2n) is 15.0. The van der Waals surface area contributed by atoms with Crippen molar-refractivity contribution in [3.05, 3.63) is 35.9 Å². The van der Waals surface area contributed by atoms with Gasteiger partial charge < -0.3 is 59.9 Å². The summed E-state index contributed by atoms with van der Waals surface area (Å²) in [7, 11) is 0. The van der Waals surface area contributed by atoms with Crippen LogP contribution in [0.1, 0.15) is 90.0 Å². The van der Waals surface area contributed by atoms with Crippen molar-refractivity contribution in [2.24, 2.45) is 39.8 Å². The number of hydrogen-bond donors (Lipinski definition) is 11. The van der Waals surface area contributed by atoms with Gasteiger partial charge >= 0.3 is 5.97 Å². The lowest BCUT2D eigenvalue weighted by Crippen LogP contribution is -2.59. The second kappa shape index (κ2) is 26.6. The summed E-state index contributed by atoms with van der Waals surface area (Å²) in [5, 5.41) is 25.2. The number of carboxylic acid groups (broad SMARTS) is 1. The molecule has 19 nitrogen and oxygen atoms in total. The summed E-state index contributed by atoms with van der Waals surface area (Å²) in [6.45, 7) is 3.93. The molecular formula is C39H65N11O8. The van der Waals surface area contributed by atoms with Crippen LogP contribution in [0.25, 0.3) is 0 Å². The summed E-state index contributed by atoms with van der Waals surface area (Å²) in [5.41, 5.74) is 23.1. The van der Waals surface area contributed by atoms with E-state index in [1.54, 1.807) is 30.3 Å². The largest absolute Gasteiger partial charge is 0.480 e. The van der Waals surface area contributed by atoms with Gasteiger partial charge in [-0.2, -0.15) is 0 Å². The Balaban J connectivity index is 2.33. The SMILES string of the molecule is CC(C)C[C@H](NC(=O)[C@H](CCCCN)NC(=O)[C@H](CCCN=C(N)N)NC(=O)[C@H](CCCCN)NC(=O)C1CC1)C(=O)N[C@@H](Cc1ccccc1)C(=O)NCC(=O)O. The van der Waals surface area contributed by atoms with Crippen LogP contribution in [0.15, 0.2) is 35.3 Å². The van der Waals surface area contributed by atoms with E-state index >= 15 is 0 Å². The van der Waals surface area contributed by atoms with E-state index in [1.165, 1.54) is 0 Å². The lowest BCUT2D eigenvalue weighted by Gasteiger charge is -2.28. The quantitative estimate of drug-likeness (QED) is 0.0253. The number of hydrogen-bond acceptors (Lipinski definition) is 10. The molecule has 0 saturated heterocycles. The molecule has 1 fully saturated rings. The van der Waals surface area contributed by atoms with Crippen molar-refractivity contribution in [1.82, 2.24) is 31.9 Å². The van der Waals surface area contributed by atoms with Crippen LogP contribution in [-0.4, -0.2) is 109 Å². The molecule has 1 saturated carbocycles. The highest BCUT2D eigenvalue weighted by Crippen LogP contribution is 2.29. The van der Waals surface area contributed by atoms with Gasteiger partial charge in [0.25, 0.3) is 0 Å². The minimum atomic E-state index is -1.26. The topological polar surface area (TPSA) is 328 Å². The highest BCUT2D eigenvalue weighted by atomic mass is 16.4. The van der Waals surface area contributed by atoms with Crippen LogP contribution in [0, 0.1) is 11.8 Å². The average Bonchev–Trinajstić information content (AvgIpc) is 4.03. The van der Waals surface area contributed by atoms with Crippen LogP contribution >= 0.6 is 0 Å². The number of amides is 6. The first-order valence-corrected chi connectivity index (χ1v) is 20.2. The second-order valence-corrected chi connectivity index (χ2v) is 15.0. The Morgan fingerprint density at radius 1 is 0.672 bits per heavy atom. The summed E-state index contributed by atoms with van der Waals surface area (Å²) < 4.78 is 0. The Bertz CT molecular complexity index is 1520. The number of nitrogens with two attached hydrogens (primary N) is 4. The number of nitrogens with zero attached hydrogens (tertiary/aromatic N) is 1. The predicted octanol–water partition coefficient (Wildman–Crippen LogP) is -1.38. The maximum Gasteiger partial charge on any atom is 0.322 e. The van der Waals surface area contributed by atoms with E-state index in [-0.39, 0.29) is 62.4 Å². The minimum absolute atomic E-state index is 0.0482. The zero-order valence-corrected chi connectivity index (χ0v) is 33.8. The highest BCUT2D eigenvalue weighted by molar-refractivity contribution is 5.97.